The summed E-state index contributed by atoms with van der Waals surface area (Å²) in [5.74, 6) is -0.375. The predicted molar refractivity (Wildman–Crippen MR) is 56.3 cm³/mol. The standard InChI is InChI=1S/C11H13ClO2/c1-2-8-14-11(13)10(12)9-6-4-3-5-7-9/h3-7,10H,2,8H2,1H3. The Labute approximate surface area is 88.8 Å². The van der Waals surface area contributed by atoms with E-state index in [4.69, 9.17) is 16.3 Å². The van der Waals surface area contributed by atoms with E-state index < -0.39 is 5.38 Å². The summed E-state index contributed by atoms with van der Waals surface area (Å²) in [6.45, 7) is 2.37. The van der Waals surface area contributed by atoms with Crippen molar-refractivity contribution in [2.45, 2.75) is 18.7 Å². The summed E-state index contributed by atoms with van der Waals surface area (Å²) in [5, 5.41) is -0.692. The van der Waals surface area contributed by atoms with Gasteiger partial charge in [-0.25, -0.2) is 0 Å². The smallest absolute Gasteiger partial charge is 0.328 e. The van der Waals surface area contributed by atoms with Gasteiger partial charge in [0, 0.05) is 0 Å². The van der Waals surface area contributed by atoms with Crippen molar-refractivity contribution < 1.29 is 9.53 Å². The van der Waals surface area contributed by atoms with E-state index in [0.717, 1.165) is 12.0 Å². The predicted octanol–water partition coefficient (Wildman–Crippen LogP) is 2.92. The molecular formula is C11H13ClO2. The third kappa shape index (κ3) is 3.04. The molecule has 0 aromatic heterocycles. The highest BCUT2D eigenvalue weighted by molar-refractivity contribution is 6.29. The molecule has 0 saturated carbocycles. The van der Waals surface area contributed by atoms with Gasteiger partial charge in [0.05, 0.1) is 6.61 Å². The third-order valence-corrected chi connectivity index (χ3v) is 2.18. The average Bonchev–Trinajstić information content (AvgIpc) is 2.26. The maximum absolute atomic E-state index is 11.3. The second-order valence-electron chi connectivity index (χ2n) is 2.94. The SMILES string of the molecule is CCCOC(=O)C(Cl)c1ccccc1. The molecule has 0 fully saturated rings. The van der Waals surface area contributed by atoms with Crippen LogP contribution in [0.2, 0.25) is 0 Å². The minimum Gasteiger partial charge on any atom is -0.464 e. The molecule has 0 heterocycles. The van der Waals surface area contributed by atoms with Crippen LogP contribution in [-0.4, -0.2) is 12.6 Å². The number of carbonyl (C=O) groups excluding carboxylic acids is 1. The van der Waals surface area contributed by atoms with E-state index in [1.165, 1.54) is 0 Å². The largest absolute Gasteiger partial charge is 0.464 e. The Hall–Kier alpha value is -1.02. The zero-order valence-corrected chi connectivity index (χ0v) is 8.83. The van der Waals surface area contributed by atoms with Crippen molar-refractivity contribution in [2.75, 3.05) is 6.61 Å². The van der Waals surface area contributed by atoms with Crippen LogP contribution in [0.1, 0.15) is 24.3 Å². The van der Waals surface area contributed by atoms with E-state index in [1.54, 1.807) is 0 Å². The first-order valence-corrected chi connectivity index (χ1v) is 5.05. The monoisotopic (exact) mass is 212 g/mol. The molecule has 0 aliphatic carbocycles. The van der Waals surface area contributed by atoms with Gasteiger partial charge in [-0.15, -0.1) is 11.6 Å². The fraction of sp³-hybridized carbons (Fsp3) is 0.364. The quantitative estimate of drug-likeness (QED) is 0.567. The second kappa shape index (κ2) is 5.66. The van der Waals surface area contributed by atoms with Crippen LogP contribution >= 0.6 is 11.6 Å². The number of rotatable bonds is 4. The molecule has 0 amide bonds. The summed E-state index contributed by atoms with van der Waals surface area (Å²) in [4.78, 5) is 11.3. The number of ether oxygens (including phenoxy) is 1. The van der Waals surface area contributed by atoms with E-state index >= 15 is 0 Å². The Bertz CT molecular complexity index is 285. The topological polar surface area (TPSA) is 26.3 Å². The van der Waals surface area contributed by atoms with Gasteiger partial charge in [-0.1, -0.05) is 37.3 Å². The molecule has 76 valence electrons. The molecule has 0 aliphatic heterocycles. The lowest BCUT2D eigenvalue weighted by Gasteiger charge is -2.08. The Balaban J connectivity index is 2.57. The lowest BCUT2D eigenvalue weighted by Crippen LogP contribution is -2.11. The fourth-order valence-corrected chi connectivity index (χ4v) is 1.24. The molecule has 0 saturated heterocycles. The molecule has 0 spiro atoms. The van der Waals surface area contributed by atoms with E-state index in [2.05, 4.69) is 0 Å². The van der Waals surface area contributed by atoms with Gasteiger partial charge in [0.25, 0.3) is 0 Å². The third-order valence-electron chi connectivity index (χ3n) is 1.75. The van der Waals surface area contributed by atoms with Crippen molar-refractivity contribution in [2.24, 2.45) is 0 Å². The minimum absolute atomic E-state index is 0.375. The van der Waals surface area contributed by atoms with Crippen LogP contribution in [0, 0.1) is 0 Å². The molecule has 0 aliphatic rings. The van der Waals surface area contributed by atoms with Crippen LogP contribution in [0.4, 0.5) is 0 Å². The summed E-state index contributed by atoms with van der Waals surface area (Å²) in [7, 11) is 0. The van der Waals surface area contributed by atoms with E-state index in [0.29, 0.717) is 6.61 Å². The van der Waals surface area contributed by atoms with Gasteiger partial charge in [0.1, 0.15) is 0 Å². The van der Waals surface area contributed by atoms with Gasteiger partial charge in [0.2, 0.25) is 0 Å². The molecule has 0 N–H and O–H groups in total. The van der Waals surface area contributed by atoms with Crippen LogP contribution in [0.5, 0.6) is 0 Å². The molecule has 0 bridgehead atoms. The highest BCUT2D eigenvalue weighted by Gasteiger charge is 2.18. The van der Waals surface area contributed by atoms with E-state index in [9.17, 15) is 4.79 Å². The van der Waals surface area contributed by atoms with Gasteiger partial charge in [-0.2, -0.15) is 0 Å². The highest BCUT2D eigenvalue weighted by Crippen LogP contribution is 2.21. The molecule has 1 aromatic rings. The van der Waals surface area contributed by atoms with Crippen LogP contribution in [0.15, 0.2) is 30.3 Å². The molecule has 14 heavy (non-hydrogen) atoms. The maximum Gasteiger partial charge on any atom is 0.328 e. The first-order chi connectivity index (χ1) is 6.75. The van der Waals surface area contributed by atoms with Crippen molar-refractivity contribution in [1.29, 1.82) is 0 Å². The van der Waals surface area contributed by atoms with Gasteiger partial charge in [0.15, 0.2) is 5.38 Å². The number of hydrogen-bond acceptors (Lipinski definition) is 2. The first kappa shape index (κ1) is 11.1. The number of hydrogen-bond donors (Lipinski definition) is 0. The zero-order chi connectivity index (χ0) is 10.4. The van der Waals surface area contributed by atoms with Gasteiger partial charge < -0.3 is 4.74 Å². The highest BCUT2D eigenvalue weighted by atomic mass is 35.5. The molecule has 1 unspecified atom stereocenters. The second-order valence-corrected chi connectivity index (χ2v) is 3.38. The Kier molecular flexibility index (Phi) is 4.47. The van der Waals surface area contributed by atoms with Crippen LogP contribution < -0.4 is 0 Å². The molecule has 3 heteroatoms. The number of esters is 1. The summed E-state index contributed by atoms with van der Waals surface area (Å²) >= 11 is 5.92. The number of alkyl halides is 1. The van der Waals surface area contributed by atoms with Crippen molar-refractivity contribution in [1.82, 2.24) is 0 Å². The molecule has 1 aromatic carbocycles. The van der Waals surface area contributed by atoms with Crippen molar-refractivity contribution in [3.8, 4) is 0 Å². The molecule has 0 radical (unpaired) electrons. The van der Waals surface area contributed by atoms with Crippen LogP contribution in [0.3, 0.4) is 0 Å². The van der Waals surface area contributed by atoms with Crippen LogP contribution in [-0.2, 0) is 9.53 Å². The fourth-order valence-electron chi connectivity index (χ4n) is 1.03. The molecular weight excluding hydrogens is 200 g/mol. The van der Waals surface area contributed by atoms with Crippen molar-refractivity contribution in [3.63, 3.8) is 0 Å². The zero-order valence-electron chi connectivity index (χ0n) is 8.07. The number of benzene rings is 1. The normalized spacial score (nSPS) is 12.1. The average molecular weight is 213 g/mol. The van der Waals surface area contributed by atoms with Gasteiger partial charge in [-0.05, 0) is 12.0 Å². The Morgan fingerprint density at radius 1 is 1.43 bits per heavy atom. The lowest BCUT2D eigenvalue weighted by atomic mass is 10.1. The molecule has 1 rings (SSSR count). The summed E-state index contributed by atoms with van der Waals surface area (Å²) in [5.41, 5.74) is 0.773. The molecule has 1 atom stereocenters. The van der Waals surface area contributed by atoms with Gasteiger partial charge >= 0.3 is 5.97 Å². The Morgan fingerprint density at radius 3 is 2.64 bits per heavy atom. The number of carbonyl (C=O) groups is 1. The lowest BCUT2D eigenvalue weighted by molar-refractivity contribution is -0.143. The van der Waals surface area contributed by atoms with E-state index in [1.807, 2.05) is 37.3 Å². The van der Waals surface area contributed by atoms with Crippen LogP contribution in [0.25, 0.3) is 0 Å². The number of halogens is 1. The molecule has 2 nitrogen and oxygen atoms in total. The van der Waals surface area contributed by atoms with Crippen molar-refractivity contribution >= 4 is 17.6 Å². The first-order valence-electron chi connectivity index (χ1n) is 4.61. The minimum atomic E-state index is -0.692. The maximum atomic E-state index is 11.3. The Morgan fingerprint density at radius 2 is 2.07 bits per heavy atom. The van der Waals surface area contributed by atoms with Crippen molar-refractivity contribution in [3.05, 3.63) is 35.9 Å². The summed E-state index contributed by atoms with van der Waals surface area (Å²) in [6, 6.07) is 9.19. The summed E-state index contributed by atoms with van der Waals surface area (Å²) in [6.07, 6.45) is 0.810. The van der Waals surface area contributed by atoms with E-state index in [-0.39, 0.29) is 5.97 Å². The van der Waals surface area contributed by atoms with Gasteiger partial charge in [-0.3, -0.25) is 4.79 Å². The summed E-state index contributed by atoms with van der Waals surface area (Å²) < 4.78 is 4.94.